The molecule has 132 valence electrons. The van der Waals surface area contributed by atoms with Gasteiger partial charge in [0.2, 0.25) is 0 Å². The predicted molar refractivity (Wildman–Crippen MR) is 94.8 cm³/mol. The third kappa shape index (κ3) is 4.59. The molecule has 1 N–H and O–H groups in total. The van der Waals surface area contributed by atoms with Crippen molar-refractivity contribution in [1.29, 1.82) is 0 Å². The lowest BCUT2D eigenvalue weighted by atomic mass is 10.1. The number of halogens is 1. The Balaban J connectivity index is 1.52. The fourth-order valence-corrected chi connectivity index (χ4v) is 3.35. The third-order valence-corrected chi connectivity index (χ3v) is 4.84. The Morgan fingerprint density at radius 3 is 2.67 bits per heavy atom. The molecule has 0 unspecified atom stereocenters. The lowest BCUT2D eigenvalue weighted by Gasteiger charge is -2.27. The minimum absolute atomic E-state index is 0.0315. The predicted octanol–water partition coefficient (Wildman–Crippen LogP) is 2.11. The average molecular weight is 353 g/mol. The quantitative estimate of drug-likeness (QED) is 0.879. The fraction of sp³-hybridized carbons (Fsp3) is 0.647. The number of carbonyl (C=O) groups is 1. The number of hydrogen-bond donors (Lipinski definition) is 1. The van der Waals surface area contributed by atoms with Crippen molar-refractivity contribution in [2.45, 2.75) is 19.3 Å². The molecule has 2 fully saturated rings. The summed E-state index contributed by atoms with van der Waals surface area (Å²) in [4.78, 5) is 21.1. The summed E-state index contributed by atoms with van der Waals surface area (Å²) >= 11 is 6.30. The van der Waals surface area contributed by atoms with Gasteiger partial charge in [0, 0.05) is 45.5 Å². The van der Waals surface area contributed by atoms with Gasteiger partial charge < -0.3 is 15.0 Å². The van der Waals surface area contributed by atoms with Crippen LogP contribution in [0.2, 0.25) is 5.02 Å². The number of nitrogens with zero attached hydrogens (tertiary/aromatic N) is 3. The molecule has 0 atom stereocenters. The standard InChI is InChI=1S/C17H25ClN4O2/c18-15-12-14(17(23)22-5-2-1-3-6-22)13-20-16(15)19-4-7-21-8-10-24-11-9-21/h12-13H,1-11H2,(H,19,20). The number of likely N-dealkylation sites (tertiary alicyclic amines) is 1. The van der Waals surface area contributed by atoms with Crippen molar-refractivity contribution in [3.63, 3.8) is 0 Å². The van der Waals surface area contributed by atoms with Crippen LogP contribution >= 0.6 is 11.6 Å². The van der Waals surface area contributed by atoms with Crippen molar-refractivity contribution in [2.75, 3.05) is 57.8 Å². The van der Waals surface area contributed by atoms with Crippen molar-refractivity contribution < 1.29 is 9.53 Å². The van der Waals surface area contributed by atoms with E-state index in [9.17, 15) is 4.79 Å². The molecule has 3 rings (SSSR count). The van der Waals surface area contributed by atoms with E-state index >= 15 is 0 Å². The highest BCUT2D eigenvalue weighted by Crippen LogP contribution is 2.21. The zero-order chi connectivity index (χ0) is 16.8. The van der Waals surface area contributed by atoms with Gasteiger partial charge in [0.15, 0.2) is 0 Å². The van der Waals surface area contributed by atoms with Crippen LogP contribution in [0.3, 0.4) is 0 Å². The maximum Gasteiger partial charge on any atom is 0.255 e. The molecular weight excluding hydrogens is 328 g/mol. The van der Waals surface area contributed by atoms with Crippen LogP contribution in [0.15, 0.2) is 12.3 Å². The minimum Gasteiger partial charge on any atom is -0.379 e. The summed E-state index contributed by atoms with van der Waals surface area (Å²) in [7, 11) is 0. The van der Waals surface area contributed by atoms with Crippen LogP contribution in [-0.4, -0.2) is 73.2 Å². The smallest absolute Gasteiger partial charge is 0.255 e. The second kappa shape index (κ2) is 8.65. The number of morpholine rings is 1. The van der Waals surface area contributed by atoms with Crippen LogP contribution in [0, 0.1) is 0 Å². The van der Waals surface area contributed by atoms with Gasteiger partial charge in [-0.05, 0) is 25.3 Å². The van der Waals surface area contributed by atoms with Gasteiger partial charge in [-0.1, -0.05) is 11.6 Å². The first-order valence-corrected chi connectivity index (χ1v) is 9.10. The van der Waals surface area contributed by atoms with Crippen molar-refractivity contribution in [1.82, 2.24) is 14.8 Å². The number of amides is 1. The number of pyridine rings is 1. The first-order chi connectivity index (χ1) is 11.7. The zero-order valence-electron chi connectivity index (χ0n) is 14.0. The normalized spacial score (nSPS) is 19.3. The Morgan fingerprint density at radius 2 is 1.96 bits per heavy atom. The summed E-state index contributed by atoms with van der Waals surface area (Å²) < 4.78 is 5.34. The summed E-state index contributed by atoms with van der Waals surface area (Å²) in [6.45, 7) is 6.88. The lowest BCUT2D eigenvalue weighted by Crippen LogP contribution is -2.39. The van der Waals surface area contributed by atoms with Crippen LogP contribution in [-0.2, 0) is 4.74 Å². The van der Waals surface area contributed by atoms with E-state index in [1.807, 2.05) is 4.90 Å². The Labute approximate surface area is 148 Å². The Bertz CT molecular complexity index is 558. The average Bonchev–Trinajstić information content (AvgIpc) is 2.64. The summed E-state index contributed by atoms with van der Waals surface area (Å²) in [5.41, 5.74) is 0.570. The molecule has 0 radical (unpaired) electrons. The maximum atomic E-state index is 12.5. The number of nitrogens with one attached hydrogen (secondary N) is 1. The number of piperidine rings is 1. The topological polar surface area (TPSA) is 57.7 Å². The molecular formula is C17H25ClN4O2. The lowest BCUT2D eigenvalue weighted by molar-refractivity contribution is 0.0398. The molecule has 2 aliphatic rings. The molecule has 3 heterocycles. The number of rotatable bonds is 5. The Hall–Kier alpha value is -1.37. The zero-order valence-corrected chi connectivity index (χ0v) is 14.7. The molecule has 0 saturated carbocycles. The Kier molecular flexibility index (Phi) is 6.29. The van der Waals surface area contributed by atoms with Crippen molar-refractivity contribution in [3.05, 3.63) is 22.8 Å². The molecule has 24 heavy (non-hydrogen) atoms. The van der Waals surface area contributed by atoms with Gasteiger partial charge in [0.05, 0.1) is 23.8 Å². The molecule has 0 aliphatic carbocycles. The van der Waals surface area contributed by atoms with Gasteiger partial charge in [-0.2, -0.15) is 0 Å². The van der Waals surface area contributed by atoms with E-state index in [0.29, 0.717) is 16.4 Å². The molecule has 2 aliphatic heterocycles. The van der Waals surface area contributed by atoms with E-state index in [4.69, 9.17) is 16.3 Å². The fourth-order valence-electron chi connectivity index (χ4n) is 3.12. The van der Waals surface area contributed by atoms with E-state index in [1.165, 1.54) is 6.42 Å². The molecule has 1 aromatic rings. The molecule has 7 heteroatoms. The van der Waals surface area contributed by atoms with Gasteiger partial charge in [-0.15, -0.1) is 0 Å². The number of aromatic nitrogens is 1. The first kappa shape index (κ1) is 17.5. The monoisotopic (exact) mass is 352 g/mol. The molecule has 0 spiro atoms. The van der Waals surface area contributed by atoms with Crippen LogP contribution in [0.25, 0.3) is 0 Å². The number of carbonyl (C=O) groups excluding carboxylic acids is 1. The van der Waals surface area contributed by atoms with Gasteiger partial charge >= 0.3 is 0 Å². The van der Waals surface area contributed by atoms with Crippen LogP contribution in [0.1, 0.15) is 29.6 Å². The summed E-state index contributed by atoms with van der Waals surface area (Å²) in [6, 6.07) is 1.72. The van der Waals surface area contributed by atoms with E-state index in [-0.39, 0.29) is 5.91 Å². The van der Waals surface area contributed by atoms with Crippen molar-refractivity contribution in [3.8, 4) is 0 Å². The Morgan fingerprint density at radius 1 is 1.21 bits per heavy atom. The highest BCUT2D eigenvalue weighted by molar-refractivity contribution is 6.33. The summed E-state index contributed by atoms with van der Waals surface area (Å²) in [5.74, 6) is 0.670. The van der Waals surface area contributed by atoms with E-state index in [1.54, 1.807) is 12.3 Å². The molecule has 0 bridgehead atoms. The largest absolute Gasteiger partial charge is 0.379 e. The van der Waals surface area contributed by atoms with Crippen molar-refractivity contribution in [2.24, 2.45) is 0 Å². The number of hydrogen-bond acceptors (Lipinski definition) is 5. The van der Waals surface area contributed by atoms with E-state index in [0.717, 1.165) is 65.3 Å². The van der Waals surface area contributed by atoms with Gasteiger partial charge in [-0.25, -0.2) is 4.98 Å². The second-order valence-electron chi connectivity index (χ2n) is 6.29. The summed E-state index contributed by atoms with van der Waals surface area (Å²) in [6.07, 6.45) is 4.98. The summed E-state index contributed by atoms with van der Waals surface area (Å²) in [5, 5.41) is 3.76. The third-order valence-electron chi connectivity index (χ3n) is 4.56. The van der Waals surface area contributed by atoms with E-state index < -0.39 is 0 Å². The number of ether oxygens (including phenoxy) is 1. The molecule has 1 aromatic heterocycles. The van der Waals surface area contributed by atoms with Crippen LogP contribution in [0.5, 0.6) is 0 Å². The van der Waals surface area contributed by atoms with Crippen LogP contribution in [0.4, 0.5) is 5.82 Å². The van der Waals surface area contributed by atoms with Crippen LogP contribution < -0.4 is 5.32 Å². The van der Waals surface area contributed by atoms with Gasteiger partial charge in [0.25, 0.3) is 5.91 Å². The maximum absolute atomic E-state index is 12.5. The molecule has 2 saturated heterocycles. The SMILES string of the molecule is O=C(c1cnc(NCCN2CCOCC2)c(Cl)c1)N1CCCCC1. The highest BCUT2D eigenvalue weighted by Gasteiger charge is 2.19. The molecule has 0 aromatic carbocycles. The first-order valence-electron chi connectivity index (χ1n) is 8.73. The molecule has 1 amide bonds. The highest BCUT2D eigenvalue weighted by atomic mass is 35.5. The van der Waals surface area contributed by atoms with E-state index in [2.05, 4.69) is 15.2 Å². The number of anilines is 1. The second-order valence-corrected chi connectivity index (χ2v) is 6.70. The van der Waals surface area contributed by atoms with Crippen molar-refractivity contribution >= 4 is 23.3 Å². The van der Waals surface area contributed by atoms with Gasteiger partial charge in [0.1, 0.15) is 5.82 Å². The minimum atomic E-state index is 0.0315. The van der Waals surface area contributed by atoms with Gasteiger partial charge in [-0.3, -0.25) is 9.69 Å². The molecule has 6 nitrogen and oxygen atoms in total.